The standard InChI is InChI=1S/C14H22N2O3/c1-11(7-8-17)9-15-14(18)16-13-6-4-3-5-12(13)10-19-2/h3-6,11,17H,7-10H2,1-2H3,(H2,15,16,18). The van der Waals surface area contributed by atoms with Gasteiger partial charge in [-0.25, -0.2) is 4.79 Å². The first-order valence-electron chi connectivity index (χ1n) is 6.40. The van der Waals surface area contributed by atoms with E-state index < -0.39 is 0 Å². The summed E-state index contributed by atoms with van der Waals surface area (Å²) in [5.74, 6) is 0.255. The highest BCUT2D eigenvalue weighted by Gasteiger charge is 2.07. The Bertz CT molecular complexity index is 396. The van der Waals surface area contributed by atoms with Gasteiger partial charge in [0.15, 0.2) is 0 Å². The van der Waals surface area contributed by atoms with Gasteiger partial charge in [-0.1, -0.05) is 25.1 Å². The highest BCUT2D eigenvalue weighted by Crippen LogP contribution is 2.15. The van der Waals surface area contributed by atoms with Crippen LogP contribution in [0.4, 0.5) is 10.5 Å². The fourth-order valence-electron chi connectivity index (χ4n) is 1.68. The molecule has 0 spiro atoms. The van der Waals surface area contributed by atoms with Gasteiger partial charge in [0.05, 0.1) is 6.61 Å². The SMILES string of the molecule is COCc1ccccc1NC(=O)NCC(C)CCO. The van der Waals surface area contributed by atoms with Crippen molar-refractivity contribution in [1.29, 1.82) is 0 Å². The fraction of sp³-hybridized carbons (Fsp3) is 0.500. The Labute approximate surface area is 114 Å². The van der Waals surface area contributed by atoms with E-state index in [0.29, 0.717) is 19.6 Å². The van der Waals surface area contributed by atoms with E-state index in [1.165, 1.54) is 0 Å². The van der Waals surface area contributed by atoms with Gasteiger partial charge < -0.3 is 20.5 Å². The van der Waals surface area contributed by atoms with Gasteiger partial charge in [0.1, 0.15) is 0 Å². The molecule has 0 radical (unpaired) electrons. The van der Waals surface area contributed by atoms with Crippen molar-refractivity contribution >= 4 is 11.7 Å². The van der Waals surface area contributed by atoms with Gasteiger partial charge in [-0.15, -0.1) is 0 Å². The number of ether oxygens (including phenoxy) is 1. The Balaban J connectivity index is 2.48. The first-order chi connectivity index (χ1) is 9.17. The molecular weight excluding hydrogens is 244 g/mol. The average Bonchev–Trinajstić information content (AvgIpc) is 2.39. The van der Waals surface area contributed by atoms with Gasteiger partial charge in [-0.2, -0.15) is 0 Å². The number of rotatable bonds is 7. The molecule has 0 heterocycles. The van der Waals surface area contributed by atoms with Crippen LogP contribution in [-0.2, 0) is 11.3 Å². The van der Waals surface area contributed by atoms with Crippen LogP contribution >= 0.6 is 0 Å². The number of para-hydroxylation sites is 1. The summed E-state index contributed by atoms with van der Waals surface area (Å²) in [6.07, 6.45) is 0.681. The van der Waals surface area contributed by atoms with Crippen LogP contribution in [0.15, 0.2) is 24.3 Å². The van der Waals surface area contributed by atoms with Crippen LogP contribution in [0.1, 0.15) is 18.9 Å². The van der Waals surface area contributed by atoms with Gasteiger partial charge in [-0.05, 0) is 18.4 Å². The molecule has 0 bridgehead atoms. The highest BCUT2D eigenvalue weighted by atomic mass is 16.5. The Morgan fingerprint density at radius 1 is 1.42 bits per heavy atom. The highest BCUT2D eigenvalue weighted by molar-refractivity contribution is 5.90. The van der Waals surface area contributed by atoms with E-state index in [2.05, 4.69) is 10.6 Å². The van der Waals surface area contributed by atoms with Crippen LogP contribution in [0.25, 0.3) is 0 Å². The van der Waals surface area contributed by atoms with Crippen molar-refractivity contribution in [2.24, 2.45) is 5.92 Å². The minimum Gasteiger partial charge on any atom is -0.396 e. The maximum Gasteiger partial charge on any atom is 0.319 e. The first kappa shape index (κ1) is 15.5. The number of aliphatic hydroxyl groups is 1. The number of methoxy groups -OCH3 is 1. The number of hydrogen-bond donors (Lipinski definition) is 3. The number of anilines is 1. The molecule has 0 fully saturated rings. The Morgan fingerprint density at radius 3 is 2.84 bits per heavy atom. The van der Waals surface area contributed by atoms with Crippen molar-refractivity contribution in [3.8, 4) is 0 Å². The second kappa shape index (κ2) is 8.50. The molecule has 2 amide bonds. The summed E-state index contributed by atoms with van der Waals surface area (Å²) in [6, 6.07) is 7.27. The number of carbonyl (C=O) groups is 1. The van der Waals surface area contributed by atoms with E-state index in [0.717, 1.165) is 11.3 Å². The zero-order chi connectivity index (χ0) is 14.1. The molecule has 5 heteroatoms. The second-order valence-electron chi connectivity index (χ2n) is 4.54. The van der Waals surface area contributed by atoms with Gasteiger partial charge in [0.2, 0.25) is 0 Å². The summed E-state index contributed by atoms with van der Waals surface area (Å²) in [6.45, 7) is 3.12. The lowest BCUT2D eigenvalue weighted by Crippen LogP contribution is -2.32. The van der Waals surface area contributed by atoms with Crippen LogP contribution in [0, 0.1) is 5.92 Å². The third-order valence-electron chi connectivity index (χ3n) is 2.80. The Kier molecular flexibility index (Phi) is 6.92. The number of benzene rings is 1. The van der Waals surface area contributed by atoms with Gasteiger partial charge >= 0.3 is 6.03 Å². The van der Waals surface area contributed by atoms with Crippen LogP contribution in [0.3, 0.4) is 0 Å². The molecule has 19 heavy (non-hydrogen) atoms. The average molecular weight is 266 g/mol. The summed E-state index contributed by atoms with van der Waals surface area (Å²) in [5.41, 5.74) is 1.68. The molecule has 106 valence electrons. The Hall–Kier alpha value is -1.59. The predicted molar refractivity (Wildman–Crippen MR) is 75.0 cm³/mol. The summed E-state index contributed by atoms with van der Waals surface area (Å²) in [7, 11) is 1.62. The molecule has 1 aromatic carbocycles. The molecule has 3 N–H and O–H groups in total. The summed E-state index contributed by atoms with van der Waals surface area (Å²) in [5, 5.41) is 14.4. The molecule has 1 aromatic rings. The van der Waals surface area contributed by atoms with Gasteiger partial charge in [0, 0.05) is 31.5 Å². The van der Waals surface area contributed by atoms with E-state index in [9.17, 15) is 4.79 Å². The van der Waals surface area contributed by atoms with Crippen molar-refractivity contribution in [3.63, 3.8) is 0 Å². The topological polar surface area (TPSA) is 70.6 Å². The third-order valence-corrected chi connectivity index (χ3v) is 2.80. The lowest BCUT2D eigenvalue weighted by Gasteiger charge is -2.14. The van der Waals surface area contributed by atoms with Crippen LogP contribution in [-0.4, -0.2) is 31.4 Å². The summed E-state index contributed by atoms with van der Waals surface area (Å²) < 4.78 is 5.08. The van der Waals surface area contributed by atoms with E-state index in [4.69, 9.17) is 9.84 Å². The summed E-state index contributed by atoms with van der Waals surface area (Å²) in [4.78, 5) is 11.8. The van der Waals surface area contributed by atoms with Crippen LogP contribution in [0.5, 0.6) is 0 Å². The molecule has 0 saturated heterocycles. The van der Waals surface area contributed by atoms with Crippen LogP contribution < -0.4 is 10.6 Å². The predicted octanol–water partition coefficient (Wildman–Crippen LogP) is 1.97. The number of nitrogens with one attached hydrogen (secondary N) is 2. The number of amides is 2. The molecule has 0 aromatic heterocycles. The molecular formula is C14H22N2O3. The number of carbonyl (C=O) groups excluding carboxylic acids is 1. The van der Waals surface area contributed by atoms with E-state index in [1.54, 1.807) is 7.11 Å². The van der Waals surface area contributed by atoms with Gasteiger partial charge in [0.25, 0.3) is 0 Å². The molecule has 0 aliphatic rings. The second-order valence-corrected chi connectivity index (χ2v) is 4.54. The van der Waals surface area contributed by atoms with Crippen molar-refractivity contribution in [2.45, 2.75) is 20.0 Å². The van der Waals surface area contributed by atoms with Crippen molar-refractivity contribution in [1.82, 2.24) is 5.32 Å². The number of hydrogen-bond acceptors (Lipinski definition) is 3. The molecule has 1 rings (SSSR count). The monoisotopic (exact) mass is 266 g/mol. The third kappa shape index (κ3) is 5.72. The fourth-order valence-corrected chi connectivity index (χ4v) is 1.68. The van der Waals surface area contributed by atoms with E-state index in [1.807, 2.05) is 31.2 Å². The minimum atomic E-state index is -0.242. The largest absolute Gasteiger partial charge is 0.396 e. The molecule has 1 unspecified atom stereocenters. The molecule has 0 aliphatic heterocycles. The maximum atomic E-state index is 11.8. The summed E-state index contributed by atoms with van der Waals surface area (Å²) >= 11 is 0. The normalized spacial score (nSPS) is 11.9. The molecule has 1 atom stereocenters. The quantitative estimate of drug-likeness (QED) is 0.706. The lowest BCUT2D eigenvalue weighted by atomic mass is 10.1. The van der Waals surface area contributed by atoms with Crippen LogP contribution in [0.2, 0.25) is 0 Å². The Morgan fingerprint density at radius 2 is 2.16 bits per heavy atom. The van der Waals surface area contributed by atoms with Gasteiger partial charge in [-0.3, -0.25) is 0 Å². The van der Waals surface area contributed by atoms with E-state index >= 15 is 0 Å². The molecule has 5 nitrogen and oxygen atoms in total. The zero-order valence-corrected chi connectivity index (χ0v) is 11.5. The lowest BCUT2D eigenvalue weighted by molar-refractivity contribution is 0.185. The molecule has 0 saturated carbocycles. The number of aliphatic hydroxyl groups excluding tert-OH is 1. The maximum absolute atomic E-state index is 11.8. The van der Waals surface area contributed by atoms with E-state index in [-0.39, 0.29) is 18.6 Å². The molecule has 0 aliphatic carbocycles. The smallest absolute Gasteiger partial charge is 0.319 e. The van der Waals surface area contributed by atoms with Crippen molar-refractivity contribution in [2.75, 3.05) is 25.6 Å². The van der Waals surface area contributed by atoms with Crippen molar-refractivity contribution in [3.05, 3.63) is 29.8 Å². The van der Waals surface area contributed by atoms with Crippen molar-refractivity contribution < 1.29 is 14.6 Å². The first-order valence-corrected chi connectivity index (χ1v) is 6.40. The minimum absolute atomic E-state index is 0.140. The zero-order valence-electron chi connectivity index (χ0n) is 11.5. The number of urea groups is 1.